The number of thiophene rings is 1. The molecule has 0 aliphatic carbocycles. The monoisotopic (exact) mass is 266 g/mol. The zero-order chi connectivity index (χ0) is 13.2. The van der Waals surface area contributed by atoms with Gasteiger partial charge in [0.15, 0.2) is 0 Å². The first-order valence-corrected chi connectivity index (χ1v) is 7.48. The van der Waals surface area contributed by atoms with Crippen molar-refractivity contribution >= 4 is 17.2 Å². The van der Waals surface area contributed by atoms with Crippen molar-refractivity contribution in [1.82, 2.24) is 10.2 Å². The maximum absolute atomic E-state index is 12.2. The van der Waals surface area contributed by atoms with E-state index in [9.17, 15) is 4.79 Å². The van der Waals surface area contributed by atoms with Crippen molar-refractivity contribution in [2.45, 2.75) is 38.6 Å². The number of carbonyl (C=O) groups is 1. The van der Waals surface area contributed by atoms with E-state index in [1.54, 1.807) is 11.3 Å². The van der Waals surface area contributed by atoms with Crippen LogP contribution in [0.25, 0.3) is 0 Å². The lowest BCUT2D eigenvalue weighted by atomic mass is 9.91. The average Bonchev–Trinajstić information content (AvgIpc) is 2.94. The third-order valence-electron chi connectivity index (χ3n) is 3.52. The SMILES string of the molecule is CCNC1CCN(CC(C)(C)c2cccs2)C1=O. The topological polar surface area (TPSA) is 32.3 Å². The first-order valence-electron chi connectivity index (χ1n) is 6.61. The van der Waals surface area contributed by atoms with Crippen LogP contribution < -0.4 is 5.32 Å². The molecule has 0 spiro atoms. The van der Waals surface area contributed by atoms with Crippen molar-refractivity contribution in [2.24, 2.45) is 0 Å². The predicted molar refractivity (Wildman–Crippen MR) is 76.0 cm³/mol. The molecular formula is C14H22N2OS. The Morgan fingerprint density at radius 2 is 2.33 bits per heavy atom. The average molecular weight is 266 g/mol. The minimum Gasteiger partial charge on any atom is -0.340 e. The number of amides is 1. The molecule has 1 fully saturated rings. The second-order valence-corrected chi connectivity index (χ2v) is 6.47. The smallest absolute Gasteiger partial charge is 0.239 e. The first kappa shape index (κ1) is 13.6. The van der Waals surface area contributed by atoms with Crippen LogP contribution in [0.5, 0.6) is 0 Å². The van der Waals surface area contributed by atoms with Gasteiger partial charge in [-0.25, -0.2) is 0 Å². The minimum atomic E-state index is 0.0362. The molecule has 0 saturated carbocycles. The molecule has 100 valence electrons. The van der Waals surface area contributed by atoms with E-state index in [-0.39, 0.29) is 17.4 Å². The summed E-state index contributed by atoms with van der Waals surface area (Å²) < 4.78 is 0. The largest absolute Gasteiger partial charge is 0.340 e. The molecule has 1 aliphatic heterocycles. The van der Waals surface area contributed by atoms with Gasteiger partial charge in [-0.05, 0) is 24.4 Å². The molecule has 1 aliphatic rings. The summed E-state index contributed by atoms with van der Waals surface area (Å²) in [4.78, 5) is 15.6. The molecule has 0 radical (unpaired) electrons. The minimum absolute atomic E-state index is 0.0362. The van der Waals surface area contributed by atoms with E-state index >= 15 is 0 Å². The molecule has 1 aromatic rings. The van der Waals surface area contributed by atoms with Crippen LogP contribution in [-0.4, -0.2) is 36.5 Å². The van der Waals surface area contributed by atoms with Gasteiger partial charge in [-0.15, -0.1) is 11.3 Å². The molecule has 2 heterocycles. The highest BCUT2D eigenvalue weighted by Crippen LogP contribution is 2.29. The van der Waals surface area contributed by atoms with Gasteiger partial charge in [0, 0.05) is 23.4 Å². The summed E-state index contributed by atoms with van der Waals surface area (Å²) in [5, 5.41) is 5.36. The highest BCUT2D eigenvalue weighted by atomic mass is 32.1. The van der Waals surface area contributed by atoms with E-state index < -0.39 is 0 Å². The van der Waals surface area contributed by atoms with Crippen LogP contribution in [0.4, 0.5) is 0 Å². The van der Waals surface area contributed by atoms with Crippen molar-refractivity contribution in [1.29, 1.82) is 0 Å². The van der Waals surface area contributed by atoms with Gasteiger partial charge in [0.05, 0.1) is 6.04 Å². The van der Waals surface area contributed by atoms with Crippen LogP contribution in [0.3, 0.4) is 0 Å². The Morgan fingerprint density at radius 3 is 2.94 bits per heavy atom. The number of nitrogens with zero attached hydrogens (tertiary/aromatic N) is 1. The van der Waals surface area contributed by atoms with E-state index in [0.717, 1.165) is 26.1 Å². The predicted octanol–water partition coefficient (Wildman–Crippen LogP) is 2.24. The van der Waals surface area contributed by atoms with E-state index in [4.69, 9.17) is 0 Å². The standard InChI is InChI=1S/C14H22N2OS/c1-4-15-11-7-8-16(13(11)17)10-14(2,3)12-6-5-9-18-12/h5-6,9,11,15H,4,7-8,10H2,1-3H3. The number of nitrogens with one attached hydrogen (secondary N) is 1. The van der Waals surface area contributed by atoms with Gasteiger partial charge in [-0.3, -0.25) is 4.79 Å². The number of rotatable bonds is 5. The Hall–Kier alpha value is -0.870. The fourth-order valence-corrected chi connectivity index (χ4v) is 3.39. The second-order valence-electron chi connectivity index (χ2n) is 5.52. The van der Waals surface area contributed by atoms with Gasteiger partial charge in [0.2, 0.25) is 5.91 Å². The molecule has 1 atom stereocenters. The molecule has 2 rings (SSSR count). The Morgan fingerprint density at radius 1 is 1.56 bits per heavy atom. The lowest BCUT2D eigenvalue weighted by Crippen LogP contribution is -2.42. The molecule has 4 heteroatoms. The summed E-state index contributed by atoms with van der Waals surface area (Å²) in [5.74, 6) is 0.265. The molecular weight excluding hydrogens is 244 g/mol. The molecule has 0 bridgehead atoms. The lowest BCUT2D eigenvalue weighted by molar-refractivity contribution is -0.130. The van der Waals surface area contributed by atoms with E-state index in [1.807, 2.05) is 11.8 Å². The summed E-state index contributed by atoms with van der Waals surface area (Å²) in [5.41, 5.74) is 0.0466. The number of likely N-dealkylation sites (N-methyl/N-ethyl adjacent to an activating group) is 1. The number of hydrogen-bond donors (Lipinski definition) is 1. The Balaban J connectivity index is 2.00. The Labute approximate surface area is 113 Å². The van der Waals surface area contributed by atoms with E-state index in [1.165, 1.54) is 4.88 Å². The van der Waals surface area contributed by atoms with Gasteiger partial charge < -0.3 is 10.2 Å². The highest BCUT2D eigenvalue weighted by molar-refractivity contribution is 7.10. The van der Waals surface area contributed by atoms with Gasteiger partial charge in [-0.1, -0.05) is 26.8 Å². The van der Waals surface area contributed by atoms with Gasteiger partial charge in [0.1, 0.15) is 0 Å². The zero-order valence-corrected chi connectivity index (χ0v) is 12.2. The number of carbonyl (C=O) groups excluding carboxylic acids is 1. The zero-order valence-electron chi connectivity index (χ0n) is 11.4. The lowest BCUT2D eigenvalue weighted by Gasteiger charge is -2.29. The number of hydrogen-bond acceptors (Lipinski definition) is 3. The quantitative estimate of drug-likeness (QED) is 0.886. The van der Waals surface area contributed by atoms with Crippen molar-refractivity contribution in [3.8, 4) is 0 Å². The Kier molecular flexibility index (Phi) is 4.07. The Bertz CT molecular complexity index is 400. The summed E-state index contributed by atoms with van der Waals surface area (Å²) in [6.45, 7) is 9.03. The van der Waals surface area contributed by atoms with Crippen molar-refractivity contribution in [2.75, 3.05) is 19.6 Å². The van der Waals surface area contributed by atoms with Crippen molar-refractivity contribution in [3.05, 3.63) is 22.4 Å². The van der Waals surface area contributed by atoms with E-state index in [2.05, 4.69) is 36.7 Å². The molecule has 1 saturated heterocycles. The summed E-state index contributed by atoms with van der Waals surface area (Å²) in [6.07, 6.45) is 0.938. The molecule has 1 N–H and O–H groups in total. The van der Waals surface area contributed by atoms with Crippen LogP contribution in [0, 0.1) is 0 Å². The number of likely N-dealkylation sites (tertiary alicyclic amines) is 1. The second kappa shape index (κ2) is 5.41. The molecule has 0 aromatic carbocycles. The van der Waals surface area contributed by atoms with E-state index in [0.29, 0.717) is 0 Å². The molecule has 1 unspecified atom stereocenters. The van der Waals surface area contributed by atoms with Crippen LogP contribution in [-0.2, 0) is 10.2 Å². The fraction of sp³-hybridized carbons (Fsp3) is 0.643. The van der Waals surface area contributed by atoms with Crippen LogP contribution >= 0.6 is 11.3 Å². The third kappa shape index (κ3) is 2.75. The summed E-state index contributed by atoms with van der Waals surface area (Å²) in [6, 6.07) is 4.27. The molecule has 1 aromatic heterocycles. The summed E-state index contributed by atoms with van der Waals surface area (Å²) in [7, 11) is 0. The normalized spacial score (nSPS) is 20.7. The van der Waals surface area contributed by atoms with Crippen LogP contribution in [0.15, 0.2) is 17.5 Å². The molecule has 1 amide bonds. The van der Waals surface area contributed by atoms with Gasteiger partial charge in [0.25, 0.3) is 0 Å². The fourth-order valence-electron chi connectivity index (χ4n) is 2.55. The van der Waals surface area contributed by atoms with Crippen LogP contribution in [0.1, 0.15) is 32.1 Å². The maximum atomic E-state index is 12.2. The molecule has 18 heavy (non-hydrogen) atoms. The van der Waals surface area contributed by atoms with Gasteiger partial charge in [-0.2, -0.15) is 0 Å². The van der Waals surface area contributed by atoms with Gasteiger partial charge >= 0.3 is 0 Å². The molecule has 3 nitrogen and oxygen atoms in total. The van der Waals surface area contributed by atoms with Crippen molar-refractivity contribution < 1.29 is 4.79 Å². The summed E-state index contributed by atoms with van der Waals surface area (Å²) >= 11 is 1.77. The maximum Gasteiger partial charge on any atom is 0.239 e. The van der Waals surface area contributed by atoms with Crippen molar-refractivity contribution in [3.63, 3.8) is 0 Å². The first-order chi connectivity index (χ1) is 8.54. The highest BCUT2D eigenvalue weighted by Gasteiger charge is 2.35. The third-order valence-corrected chi connectivity index (χ3v) is 4.76. The van der Waals surface area contributed by atoms with Crippen LogP contribution in [0.2, 0.25) is 0 Å².